The first-order valence-electron chi connectivity index (χ1n) is 8.56. The van der Waals surface area contributed by atoms with E-state index in [0.717, 1.165) is 22.3 Å². The van der Waals surface area contributed by atoms with Crippen LogP contribution in [0.2, 0.25) is 5.15 Å². The van der Waals surface area contributed by atoms with Gasteiger partial charge in [-0.05, 0) is 41.5 Å². The molecule has 0 fully saturated rings. The van der Waals surface area contributed by atoms with Crippen molar-refractivity contribution in [2.24, 2.45) is 10.7 Å². The minimum absolute atomic E-state index is 0.114. The summed E-state index contributed by atoms with van der Waals surface area (Å²) >= 11 is 6.14. The Balaban J connectivity index is 1.73. The number of nitrogens with zero attached hydrogens (tertiary/aromatic N) is 3. The van der Waals surface area contributed by atoms with Crippen molar-refractivity contribution in [3.63, 3.8) is 0 Å². The molecule has 1 aromatic heterocycles. The van der Waals surface area contributed by atoms with Crippen LogP contribution < -0.4 is 10.5 Å². The molecule has 6 nitrogen and oxygen atoms in total. The molecular formula is C21H13ClN4O2. The van der Waals surface area contributed by atoms with Gasteiger partial charge in [-0.1, -0.05) is 29.8 Å². The van der Waals surface area contributed by atoms with E-state index in [-0.39, 0.29) is 12.6 Å². The van der Waals surface area contributed by atoms with Crippen LogP contribution in [-0.2, 0) is 10.3 Å². The Hall–Kier alpha value is -3.56. The number of fused-ring (bicyclic) bond motifs is 4. The van der Waals surface area contributed by atoms with Crippen molar-refractivity contribution in [2.75, 3.05) is 6.61 Å². The van der Waals surface area contributed by atoms with Gasteiger partial charge in [0.25, 0.3) is 6.02 Å². The first kappa shape index (κ1) is 16.6. The van der Waals surface area contributed by atoms with Crippen molar-refractivity contribution >= 4 is 17.6 Å². The zero-order valence-corrected chi connectivity index (χ0v) is 15.3. The van der Waals surface area contributed by atoms with E-state index in [4.69, 9.17) is 26.8 Å². The fourth-order valence-corrected chi connectivity index (χ4v) is 3.84. The standard InChI is InChI=1S/C21H13ClN4O2/c22-19-8-16-18(10-25-19)28-17-5-4-14(13-3-1-2-12(6-13)9-23)7-15(17)21(16)11-27-20(24)26-21/h1-8,10H,11H2,(H2,24,26). The predicted molar refractivity (Wildman–Crippen MR) is 104 cm³/mol. The lowest BCUT2D eigenvalue weighted by Crippen LogP contribution is -2.31. The van der Waals surface area contributed by atoms with Gasteiger partial charge in [0, 0.05) is 11.1 Å². The van der Waals surface area contributed by atoms with E-state index in [2.05, 4.69) is 16.0 Å². The molecule has 2 aliphatic heterocycles. The molecule has 28 heavy (non-hydrogen) atoms. The second kappa shape index (κ2) is 5.98. The topological polar surface area (TPSA) is 93.5 Å². The van der Waals surface area contributed by atoms with Gasteiger partial charge in [-0.2, -0.15) is 5.26 Å². The molecule has 136 valence electrons. The maximum absolute atomic E-state index is 9.20. The van der Waals surface area contributed by atoms with Crippen molar-refractivity contribution in [2.45, 2.75) is 5.54 Å². The van der Waals surface area contributed by atoms with E-state index in [9.17, 15) is 5.26 Å². The minimum Gasteiger partial charge on any atom is -0.462 e. The van der Waals surface area contributed by atoms with Gasteiger partial charge in [-0.3, -0.25) is 0 Å². The van der Waals surface area contributed by atoms with Gasteiger partial charge < -0.3 is 15.2 Å². The Morgan fingerprint density at radius 3 is 2.68 bits per heavy atom. The summed E-state index contributed by atoms with van der Waals surface area (Å²) in [6.07, 6.45) is 1.58. The molecule has 0 radical (unpaired) electrons. The van der Waals surface area contributed by atoms with Gasteiger partial charge in [-0.15, -0.1) is 0 Å². The van der Waals surface area contributed by atoms with Gasteiger partial charge in [0.2, 0.25) is 0 Å². The van der Waals surface area contributed by atoms with Gasteiger partial charge >= 0.3 is 0 Å². The summed E-state index contributed by atoms with van der Waals surface area (Å²) in [5.74, 6) is 1.22. The van der Waals surface area contributed by atoms with Crippen LogP contribution in [0.5, 0.6) is 11.5 Å². The van der Waals surface area contributed by atoms with Crippen LogP contribution in [0.1, 0.15) is 16.7 Å². The third-order valence-corrected chi connectivity index (χ3v) is 5.19. The lowest BCUT2D eigenvalue weighted by atomic mass is 9.81. The van der Waals surface area contributed by atoms with Gasteiger partial charge in [-0.25, -0.2) is 9.98 Å². The molecule has 2 N–H and O–H groups in total. The van der Waals surface area contributed by atoms with Crippen molar-refractivity contribution in [1.29, 1.82) is 5.26 Å². The molecule has 3 aromatic rings. The fourth-order valence-electron chi connectivity index (χ4n) is 3.68. The molecule has 0 saturated heterocycles. The van der Waals surface area contributed by atoms with E-state index in [1.165, 1.54) is 0 Å². The summed E-state index contributed by atoms with van der Waals surface area (Å²) in [5, 5.41) is 9.53. The van der Waals surface area contributed by atoms with Gasteiger partial charge in [0.15, 0.2) is 11.3 Å². The minimum atomic E-state index is -0.859. The highest BCUT2D eigenvalue weighted by atomic mass is 35.5. The summed E-state index contributed by atoms with van der Waals surface area (Å²) in [6.45, 7) is 0.240. The monoisotopic (exact) mass is 388 g/mol. The van der Waals surface area contributed by atoms with Crippen LogP contribution in [-0.4, -0.2) is 17.6 Å². The maximum Gasteiger partial charge on any atom is 0.283 e. The Morgan fingerprint density at radius 2 is 1.89 bits per heavy atom. The van der Waals surface area contributed by atoms with E-state index in [1.807, 2.05) is 36.4 Å². The van der Waals surface area contributed by atoms with Crippen LogP contribution in [0, 0.1) is 11.3 Å². The third-order valence-electron chi connectivity index (χ3n) is 4.98. The molecule has 0 bridgehead atoms. The molecular weight excluding hydrogens is 376 g/mol. The van der Waals surface area contributed by atoms with Crippen LogP contribution in [0.3, 0.4) is 0 Å². The number of benzene rings is 2. The number of nitriles is 1. The van der Waals surface area contributed by atoms with E-state index in [1.54, 1.807) is 18.3 Å². The van der Waals surface area contributed by atoms with Crippen LogP contribution >= 0.6 is 11.6 Å². The highest BCUT2D eigenvalue weighted by Crippen LogP contribution is 2.51. The average molecular weight is 389 g/mol. The summed E-state index contributed by atoms with van der Waals surface area (Å²) < 4.78 is 11.6. The second-order valence-corrected chi connectivity index (χ2v) is 7.00. The molecule has 0 saturated carbocycles. The van der Waals surface area contributed by atoms with Gasteiger partial charge in [0.05, 0.1) is 17.8 Å². The highest BCUT2D eigenvalue weighted by molar-refractivity contribution is 6.29. The third kappa shape index (κ3) is 2.41. The highest BCUT2D eigenvalue weighted by Gasteiger charge is 2.47. The number of pyridine rings is 1. The number of aliphatic imine (C=N–C) groups is 1. The Labute approximate surface area is 165 Å². The molecule has 5 rings (SSSR count). The first-order valence-corrected chi connectivity index (χ1v) is 8.94. The van der Waals surface area contributed by atoms with Crippen molar-refractivity contribution in [3.05, 3.63) is 76.6 Å². The van der Waals surface area contributed by atoms with Crippen LogP contribution in [0.15, 0.2) is 59.7 Å². The smallest absolute Gasteiger partial charge is 0.283 e. The molecule has 2 aliphatic rings. The Bertz CT molecular complexity index is 1200. The van der Waals surface area contributed by atoms with E-state index < -0.39 is 5.54 Å². The number of amidine groups is 1. The predicted octanol–water partition coefficient (Wildman–Crippen LogP) is 3.97. The number of nitrogens with two attached hydrogens (primary N) is 1. The molecule has 1 unspecified atom stereocenters. The normalized spacial score (nSPS) is 19.1. The SMILES string of the molecule is N#Cc1cccc(-c2ccc3c(c2)C2(COC(N)=N2)c2cc(Cl)ncc2O3)c1. The van der Waals surface area contributed by atoms with E-state index >= 15 is 0 Å². The molecule has 7 heteroatoms. The van der Waals surface area contributed by atoms with Crippen molar-refractivity contribution < 1.29 is 9.47 Å². The molecule has 0 amide bonds. The maximum atomic E-state index is 9.20. The first-order chi connectivity index (χ1) is 13.6. The Kier molecular flexibility index (Phi) is 3.54. The number of ether oxygens (including phenoxy) is 2. The van der Waals surface area contributed by atoms with Crippen LogP contribution in [0.25, 0.3) is 11.1 Å². The summed E-state index contributed by atoms with van der Waals surface area (Å²) in [4.78, 5) is 8.74. The lowest BCUT2D eigenvalue weighted by Gasteiger charge is -2.33. The molecule has 1 spiro atoms. The zero-order chi connectivity index (χ0) is 19.3. The number of hydrogen-bond acceptors (Lipinski definition) is 6. The second-order valence-electron chi connectivity index (χ2n) is 6.61. The molecule has 0 aliphatic carbocycles. The quantitative estimate of drug-likeness (QED) is 0.636. The number of hydrogen-bond donors (Lipinski definition) is 1. The summed E-state index contributed by atoms with van der Waals surface area (Å²) in [5.41, 5.74) is 9.05. The van der Waals surface area contributed by atoms with E-state index in [0.29, 0.717) is 22.2 Å². The summed E-state index contributed by atoms with van der Waals surface area (Å²) in [7, 11) is 0. The average Bonchev–Trinajstić information content (AvgIpc) is 3.11. The number of halogens is 1. The zero-order valence-electron chi connectivity index (χ0n) is 14.5. The number of aromatic nitrogens is 1. The van der Waals surface area contributed by atoms with Gasteiger partial charge in [0.1, 0.15) is 17.5 Å². The van der Waals surface area contributed by atoms with Crippen molar-refractivity contribution in [1.82, 2.24) is 4.98 Å². The summed E-state index contributed by atoms with van der Waals surface area (Å²) in [6, 6.07) is 17.3. The lowest BCUT2D eigenvalue weighted by molar-refractivity contribution is 0.264. The van der Waals surface area contributed by atoms with Crippen LogP contribution in [0.4, 0.5) is 0 Å². The Morgan fingerprint density at radius 1 is 1.07 bits per heavy atom. The van der Waals surface area contributed by atoms with Crippen molar-refractivity contribution in [3.8, 4) is 28.7 Å². The fraction of sp³-hybridized carbons (Fsp3) is 0.0952. The molecule has 3 heterocycles. The molecule has 1 atom stereocenters. The number of rotatable bonds is 1. The largest absolute Gasteiger partial charge is 0.462 e. The molecule has 2 aromatic carbocycles.